The van der Waals surface area contributed by atoms with E-state index < -0.39 is 0 Å². The van der Waals surface area contributed by atoms with Gasteiger partial charge in [-0.25, -0.2) is 0 Å². The monoisotopic (exact) mass is 407 g/mol. The van der Waals surface area contributed by atoms with Crippen LogP contribution in [0.3, 0.4) is 0 Å². The molecule has 0 unspecified atom stereocenters. The van der Waals surface area contributed by atoms with Crippen LogP contribution in [0, 0.1) is 0 Å². The lowest BCUT2D eigenvalue weighted by atomic mass is 10.0. The van der Waals surface area contributed by atoms with Crippen LogP contribution in [0.15, 0.2) is 35.1 Å². The Morgan fingerprint density at radius 1 is 1.33 bits per heavy atom. The number of methoxy groups -OCH3 is 1. The first-order valence-corrected chi connectivity index (χ1v) is 10.5. The van der Waals surface area contributed by atoms with Crippen LogP contribution in [0.2, 0.25) is 0 Å². The predicted octanol–water partition coefficient (Wildman–Crippen LogP) is 3.26. The molecule has 2 aliphatic rings. The van der Waals surface area contributed by atoms with Gasteiger partial charge in [-0.15, -0.1) is 0 Å². The zero-order valence-corrected chi connectivity index (χ0v) is 17.0. The maximum atomic E-state index is 12.7. The summed E-state index contributed by atoms with van der Waals surface area (Å²) in [4.78, 5) is 17.2. The second-order valence-electron chi connectivity index (χ2n) is 8.05. The Hall–Kier alpha value is -3.00. The number of benzene rings is 1. The number of aryl methyl sites for hydroxylation is 2. The van der Waals surface area contributed by atoms with Gasteiger partial charge in [0.1, 0.15) is 0 Å². The fraction of sp³-hybridized carbons (Fsp3) is 0.455. The Balaban J connectivity index is 1.25. The third-order valence-electron chi connectivity index (χ3n) is 5.78. The van der Waals surface area contributed by atoms with Crippen molar-refractivity contribution in [2.24, 2.45) is 0 Å². The van der Waals surface area contributed by atoms with E-state index in [9.17, 15) is 4.79 Å². The van der Waals surface area contributed by atoms with E-state index in [0.29, 0.717) is 23.9 Å². The maximum absolute atomic E-state index is 12.7. The van der Waals surface area contributed by atoms with Crippen LogP contribution in [0.5, 0.6) is 0 Å². The Morgan fingerprint density at radius 2 is 2.23 bits per heavy atom. The first-order chi connectivity index (χ1) is 14.7. The van der Waals surface area contributed by atoms with E-state index in [0.717, 1.165) is 55.7 Å². The van der Waals surface area contributed by atoms with Crippen molar-refractivity contribution in [1.82, 2.24) is 25.2 Å². The van der Waals surface area contributed by atoms with Gasteiger partial charge in [0, 0.05) is 37.9 Å². The summed E-state index contributed by atoms with van der Waals surface area (Å²) in [6, 6.07) is 6.21. The molecule has 1 N–H and O–H groups in total. The van der Waals surface area contributed by atoms with E-state index in [1.54, 1.807) is 24.2 Å². The summed E-state index contributed by atoms with van der Waals surface area (Å²) >= 11 is 0. The number of amides is 1. The standard InChI is InChI=1S/C22H25N5O3/c1-29-10-2-9-27-13-17(12-23-27)21(28)24-19-8-6-15-11-16(5-7-18(15)19)20-25-22(30-26-20)14-3-4-14/h5,7,11-14,19H,2-4,6,8-10H2,1H3,(H,24,28)/t19-/m1/s1. The third-order valence-corrected chi connectivity index (χ3v) is 5.78. The quantitative estimate of drug-likeness (QED) is 0.576. The average molecular weight is 407 g/mol. The fourth-order valence-corrected chi connectivity index (χ4v) is 3.97. The lowest BCUT2D eigenvalue weighted by Gasteiger charge is -2.13. The Bertz CT molecular complexity index is 1050. The second-order valence-corrected chi connectivity index (χ2v) is 8.05. The average Bonchev–Trinajstić information content (AvgIpc) is 3.16. The summed E-state index contributed by atoms with van der Waals surface area (Å²) < 4.78 is 12.2. The topological polar surface area (TPSA) is 95.1 Å². The number of nitrogens with zero attached hydrogens (tertiary/aromatic N) is 4. The molecule has 1 saturated carbocycles. The molecule has 2 aliphatic carbocycles. The van der Waals surface area contributed by atoms with Crippen LogP contribution < -0.4 is 5.32 Å². The molecule has 1 aromatic carbocycles. The van der Waals surface area contributed by atoms with Crippen molar-refractivity contribution in [3.8, 4) is 11.4 Å². The fourth-order valence-electron chi connectivity index (χ4n) is 3.97. The lowest BCUT2D eigenvalue weighted by molar-refractivity contribution is 0.0936. The number of nitrogens with one attached hydrogen (secondary N) is 1. The van der Waals surface area contributed by atoms with Crippen LogP contribution in [-0.2, 0) is 17.7 Å². The summed E-state index contributed by atoms with van der Waals surface area (Å²) in [5, 5.41) is 11.6. The van der Waals surface area contributed by atoms with E-state index in [1.807, 2.05) is 6.07 Å². The first-order valence-electron chi connectivity index (χ1n) is 10.5. The van der Waals surface area contributed by atoms with Crippen molar-refractivity contribution in [3.05, 3.63) is 53.2 Å². The number of fused-ring (bicyclic) bond motifs is 1. The minimum atomic E-state index is -0.0952. The summed E-state index contributed by atoms with van der Waals surface area (Å²) in [7, 11) is 1.68. The number of carbonyl (C=O) groups is 1. The molecule has 30 heavy (non-hydrogen) atoms. The number of aromatic nitrogens is 4. The van der Waals surface area contributed by atoms with Gasteiger partial charge in [-0.3, -0.25) is 9.48 Å². The van der Waals surface area contributed by atoms with E-state index >= 15 is 0 Å². The molecule has 1 amide bonds. The molecular weight excluding hydrogens is 382 g/mol. The number of hydrogen-bond donors (Lipinski definition) is 1. The van der Waals surface area contributed by atoms with Gasteiger partial charge in [0.05, 0.1) is 17.8 Å². The molecule has 0 radical (unpaired) electrons. The molecule has 0 aliphatic heterocycles. The minimum absolute atomic E-state index is 0.00526. The van der Waals surface area contributed by atoms with E-state index in [1.165, 1.54) is 5.56 Å². The SMILES string of the molecule is COCCCn1cc(C(=O)N[C@@H]2CCc3cc(-c4noc(C5CC5)n4)ccc32)cn1. The van der Waals surface area contributed by atoms with Gasteiger partial charge in [0.2, 0.25) is 11.7 Å². The van der Waals surface area contributed by atoms with E-state index in [4.69, 9.17) is 9.26 Å². The number of ether oxygens (including phenoxy) is 1. The number of rotatable bonds is 8. The predicted molar refractivity (Wildman–Crippen MR) is 109 cm³/mol. The van der Waals surface area contributed by atoms with Gasteiger partial charge in [-0.1, -0.05) is 17.3 Å². The van der Waals surface area contributed by atoms with Crippen molar-refractivity contribution in [3.63, 3.8) is 0 Å². The van der Waals surface area contributed by atoms with Crippen LogP contribution in [-0.4, -0.2) is 39.5 Å². The molecule has 0 spiro atoms. The van der Waals surface area contributed by atoms with E-state index in [-0.39, 0.29) is 11.9 Å². The molecule has 8 heteroatoms. The summed E-state index contributed by atoms with van der Waals surface area (Å²) in [5.41, 5.74) is 3.93. The highest BCUT2D eigenvalue weighted by Crippen LogP contribution is 2.40. The Labute approximate surface area is 174 Å². The Kier molecular flexibility index (Phi) is 5.08. The van der Waals surface area contributed by atoms with Crippen molar-refractivity contribution in [2.75, 3.05) is 13.7 Å². The van der Waals surface area contributed by atoms with Crippen LogP contribution in [0.25, 0.3) is 11.4 Å². The molecule has 1 fully saturated rings. The highest BCUT2D eigenvalue weighted by atomic mass is 16.5. The molecule has 2 heterocycles. The third kappa shape index (κ3) is 3.87. The molecule has 0 bridgehead atoms. The lowest BCUT2D eigenvalue weighted by Crippen LogP contribution is -2.26. The molecule has 1 atom stereocenters. The first kappa shape index (κ1) is 19.0. The zero-order chi connectivity index (χ0) is 20.5. The molecule has 2 aromatic heterocycles. The maximum Gasteiger partial charge on any atom is 0.254 e. The number of carbonyl (C=O) groups excluding carboxylic acids is 1. The van der Waals surface area contributed by atoms with Crippen LogP contribution >= 0.6 is 0 Å². The second kappa shape index (κ2) is 8.02. The normalized spacial score (nSPS) is 17.8. The summed E-state index contributed by atoms with van der Waals surface area (Å²) in [6.45, 7) is 1.41. The van der Waals surface area contributed by atoms with Crippen LogP contribution in [0.4, 0.5) is 0 Å². The molecule has 8 nitrogen and oxygen atoms in total. The van der Waals surface area contributed by atoms with Gasteiger partial charge in [0.25, 0.3) is 5.91 Å². The molecule has 3 aromatic rings. The van der Waals surface area contributed by atoms with Gasteiger partial charge >= 0.3 is 0 Å². The van der Waals surface area contributed by atoms with Gasteiger partial charge in [-0.05, 0) is 49.3 Å². The van der Waals surface area contributed by atoms with Gasteiger partial charge in [0.15, 0.2) is 0 Å². The Morgan fingerprint density at radius 3 is 3.07 bits per heavy atom. The van der Waals surface area contributed by atoms with Crippen molar-refractivity contribution in [1.29, 1.82) is 0 Å². The summed E-state index contributed by atoms with van der Waals surface area (Å²) in [6.07, 6.45) is 8.34. The molecule has 156 valence electrons. The van der Waals surface area contributed by atoms with Crippen molar-refractivity contribution < 1.29 is 14.1 Å². The van der Waals surface area contributed by atoms with Gasteiger partial charge in [-0.2, -0.15) is 10.1 Å². The molecule has 0 saturated heterocycles. The zero-order valence-electron chi connectivity index (χ0n) is 17.0. The van der Waals surface area contributed by atoms with Crippen molar-refractivity contribution in [2.45, 2.75) is 50.6 Å². The smallest absolute Gasteiger partial charge is 0.254 e. The minimum Gasteiger partial charge on any atom is -0.385 e. The molecule has 5 rings (SSSR count). The number of hydrogen-bond acceptors (Lipinski definition) is 6. The highest BCUT2D eigenvalue weighted by Gasteiger charge is 2.30. The summed E-state index contributed by atoms with van der Waals surface area (Å²) in [5.74, 6) is 1.75. The largest absolute Gasteiger partial charge is 0.385 e. The van der Waals surface area contributed by atoms with Crippen molar-refractivity contribution >= 4 is 5.91 Å². The van der Waals surface area contributed by atoms with Crippen LogP contribution in [0.1, 0.15) is 65.0 Å². The van der Waals surface area contributed by atoms with Gasteiger partial charge < -0.3 is 14.6 Å². The van der Waals surface area contributed by atoms with E-state index in [2.05, 4.69) is 32.7 Å². The molecular formula is C22H25N5O3. The highest BCUT2D eigenvalue weighted by molar-refractivity contribution is 5.94.